The molecule has 1 aliphatic rings. The van der Waals surface area contributed by atoms with E-state index in [4.69, 9.17) is 0 Å². The van der Waals surface area contributed by atoms with E-state index in [0.29, 0.717) is 18.4 Å². The molecule has 0 spiro atoms. The SMILES string of the molecule is CN=C(NCCS(=O)(=O)Cc1ccccc1)N1CC(C)CC(C)C1.I. The number of hydrogen-bond donors (Lipinski definition) is 1. The monoisotopic (exact) mass is 479 g/mol. The number of aliphatic imine (C=N–C) groups is 1. The Morgan fingerprint density at radius 2 is 1.80 bits per heavy atom. The van der Waals surface area contributed by atoms with E-state index in [1.54, 1.807) is 7.05 Å². The Morgan fingerprint density at radius 1 is 1.20 bits per heavy atom. The zero-order valence-corrected chi connectivity index (χ0v) is 18.5. The molecule has 1 aliphatic heterocycles. The molecular formula is C18H30IN3O2S. The highest BCUT2D eigenvalue weighted by Gasteiger charge is 2.24. The van der Waals surface area contributed by atoms with Crippen molar-refractivity contribution in [3.8, 4) is 0 Å². The zero-order chi connectivity index (χ0) is 17.6. The second kappa shape index (κ2) is 10.4. The molecule has 0 aromatic heterocycles. The third kappa shape index (κ3) is 7.52. The van der Waals surface area contributed by atoms with Gasteiger partial charge in [0.15, 0.2) is 15.8 Å². The number of likely N-dealkylation sites (tertiary alicyclic amines) is 1. The molecule has 1 fully saturated rings. The predicted octanol–water partition coefficient (Wildman–Crippen LogP) is 2.77. The lowest BCUT2D eigenvalue weighted by atomic mass is 9.92. The molecule has 0 radical (unpaired) electrons. The molecule has 142 valence electrons. The summed E-state index contributed by atoms with van der Waals surface area (Å²) in [4.78, 5) is 6.56. The summed E-state index contributed by atoms with van der Waals surface area (Å²) in [5.74, 6) is 2.28. The van der Waals surface area contributed by atoms with Gasteiger partial charge in [-0.2, -0.15) is 0 Å². The average molecular weight is 479 g/mol. The largest absolute Gasteiger partial charge is 0.355 e. The normalized spacial score (nSPS) is 21.6. The molecular weight excluding hydrogens is 449 g/mol. The van der Waals surface area contributed by atoms with Crippen LogP contribution in [0.1, 0.15) is 25.8 Å². The van der Waals surface area contributed by atoms with E-state index in [-0.39, 0.29) is 35.5 Å². The van der Waals surface area contributed by atoms with E-state index in [1.807, 2.05) is 30.3 Å². The van der Waals surface area contributed by atoms with Crippen molar-refractivity contribution < 1.29 is 8.42 Å². The Morgan fingerprint density at radius 3 is 2.36 bits per heavy atom. The zero-order valence-electron chi connectivity index (χ0n) is 15.3. The first kappa shape index (κ1) is 22.2. The molecule has 25 heavy (non-hydrogen) atoms. The van der Waals surface area contributed by atoms with Crippen molar-refractivity contribution in [2.24, 2.45) is 16.8 Å². The number of halogens is 1. The lowest BCUT2D eigenvalue weighted by molar-refractivity contribution is 0.209. The smallest absolute Gasteiger partial charge is 0.193 e. The maximum atomic E-state index is 12.3. The van der Waals surface area contributed by atoms with Gasteiger partial charge >= 0.3 is 0 Å². The molecule has 2 rings (SSSR count). The third-order valence-corrected chi connectivity index (χ3v) is 5.91. The molecule has 1 saturated heterocycles. The summed E-state index contributed by atoms with van der Waals surface area (Å²) >= 11 is 0. The predicted molar refractivity (Wildman–Crippen MR) is 115 cm³/mol. The average Bonchev–Trinajstić information content (AvgIpc) is 2.51. The van der Waals surface area contributed by atoms with E-state index in [9.17, 15) is 8.42 Å². The topological polar surface area (TPSA) is 61.8 Å². The molecule has 0 aliphatic carbocycles. The van der Waals surface area contributed by atoms with Crippen molar-refractivity contribution in [3.63, 3.8) is 0 Å². The van der Waals surface area contributed by atoms with Crippen LogP contribution in [-0.4, -0.2) is 51.7 Å². The maximum Gasteiger partial charge on any atom is 0.193 e. The summed E-state index contributed by atoms with van der Waals surface area (Å²) in [5.41, 5.74) is 0.834. The number of nitrogens with one attached hydrogen (secondary N) is 1. The van der Waals surface area contributed by atoms with Gasteiger partial charge in [-0.3, -0.25) is 4.99 Å². The van der Waals surface area contributed by atoms with E-state index in [0.717, 1.165) is 24.6 Å². The number of guanidine groups is 1. The van der Waals surface area contributed by atoms with Crippen molar-refractivity contribution in [1.82, 2.24) is 10.2 Å². The van der Waals surface area contributed by atoms with Crippen LogP contribution in [-0.2, 0) is 15.6 Å². The summed E-state index contributed by atoms with van der Waals surface area (Å²) in [5, 5.41) is 3.22. The quantitative estimate of drug-likeness (QED) is 0.401. The molecule has 0 saturated carbocycles. The fourth-order valence-corrected chi connectivity index (χ4v) is 4.64. The molecule has 0 bridgehead atoms. The van der Waals surface area contributed by atoms with Gasteiger partial charge in [-0.05, 0) is 23.8 Å². The van der Waals surface area contributed by atoms with E-state index >= 15 is 0 Å². The van der Waals surface area contributed by atoms with Crippen molar-refractivity contribution in [2.45, 2.75) is 26.0 Å². The highest BCUT2D eigenvalue weighted by molar-refractivity contribution is 14.0. The van der Waals surface area contributed by atoms with E-state index in [2.05, 4.69) is 29.1 Å². The Balaban J connectivity index is 0.00000312. The minimum Gasteiger partial charge on any atom is -0.355 e. The van der Waals surface area contributed by atoms with Crippen LogP contribution in [0.2, 0.25) is 0 Å². The van der Waals surface area contributed by atoms with E-state index in [1.165, 1.54) is 6.42 Å². The second-order valence-corrected chi connectivity index (χ2v) is 9.09. The lowest BCUT2D eigenvalue weighted by Gasteiger charge is -2.37. The third-order valence-electron chi connectivity index (χ3n) is 4.31. The molecule has 1 heterocycles. The summed E-state index contributed by atoms with van der Waals surface area (Å²) in [6, 6.07) is 9.32. The van der Waals surface area contributed by atoms with Gasteiger partial charge in [-0.25, -0.2) is 8.42 Å². The minimum atomic E-state index is -3.13. The molecule has 2 unspecified atom stereocenters. The lowest BCUT2D eigenvalue weighted by Crippen LogP contribution is -2.49. The fraction of sp³-hybridized carbons (Fsp3) is 0.611. The number of hydrogen-bond acceptors (Lipinski definition) is 3. The van der Waals surface area contributed by atoms with Gasteiger partial charge in [0.1, 0.15) is 0 Å². The summed E-state index contributed by atoms with van der Waals surface area (Å²) in [6.07, 6.45) is 1.24. The van der Waals surface area contributed by atoms with Crippen LogP contribution in [0.3, 0.4) is 0 Å². The first-order valence-corrected chi connectivity index (χ1v) is 10.4. The van der Waals surface area contributed by atoms with Crippen LogP contribution in [0.15, 0.2) is 35.3 Å². The van der Waals surface area contributed by atoms with Crippen molar-refractivity contribution in [1.29, 1.82) is 0 Å². The highest BCUT2D eigenvalue weighted by Crippen LogP contribution is 2.20. The van der Waals surface area contributed by atoms with Crippen molar-refractivity contribution in [2.75, 3.05) is 32.4 Å². The number of nitrogens with zero attached hydrogens (tertiary/aromatic N) is 2. The molecule has 1 aromatic carbocycles. The van der Waals surface area contributed by atoms with Gasteiger partial charge < -0.3 is 10.2 Å². The van der Waals surface area contributed by atoms with Crippen molar-refractivity contribution >= 4 is 39.8 Å². The maximum absolute atomic E-state index is 12.3. The van der Waals surface area contributed by atoms with Crippen LogP contribution in [0.4, 0.5) is 0 Å². The Hall–Kier alpha value is -0.830. The fourth-order valence-electron chi connectivity index (χ4n) is 3.39. The molecule has 1 N–H and O–H groups in total. The van der Waals surface area contributed by atoms with Crippen LogP contribution >= 0.6 is 24.0 Å². The molecule has 2 atom stereocenters. The van der Waals surface area contributed by atoms with Gasteiger partial charge in [-0.1, -0.05) is 44.2 Å². The van der Waals surface area contributed by atoms with Gasteiger partial charge in [0, 0.05) is 26.7 Å². The van der Waals surface area contributed by atoms with Gasteiger partial charge in [-0.15, -0.1) is 24.0 Å². The minimum absolute atomic E-state index is 0. The number of sulfone groups is 1. The molecule has 7 heteroatoms. The summed E-state index contributed by atoms with van der Waals surface area (Å²) in [6.45, 7) is 6.84. The molecule has 1 aromatic rings. The summed E-state index contributed by atoms with van der Waals surface area (Å²) in [7, 11) is -1.37. The van der Waals surface area contributed by atoms with Crippen LogP contribution in [0, 0.1) is 11.8 Å². The van der Waals surface area contributed by atoms with Gasteiger partial charge in [0.05, 0.1) is 11.5 Å². The second-order valence-electron chi connectivity index (χ2n) is 6.90. The van der Waals surface area contributed by atoms with Crippen molar-refractivity contribution in [3.05, 3.63) is 35.9 Å². The summed E-state index contributed by atoms with van der Waals surface area (Å²) < 4.78 is 24.5. The highest BCUT2D eigenvalue weighted by atomic mass is 127. The molecule has 5 nitrogen and oxygen atoms in total. The number of piperidine rings is 1. The first-order chi connectivity index (χ1) is 11.4. The Kier molecular flexibility index (Phi) is 9.20. The Labute approximate surface area is 169 Å². The van der Waals surface area contributed by atoms with Gasteiger partial charge in [0.25, 0.3) is 0 Å². The van der Waals surface area contributed by atoms with Crippen LogP contribution < -0.4 is 5.32 Å². The molecule has 0 amide bonds. The number of benzene rings is 1. The number of rotatable bonds is 5. The van der Waals surface area contributed by atoms with Crippen LogP contribution in [0.25, 0.3) is 0 Å². The Bertz CT molecular complexity index is 640. The van der Waals surface area contributed by atoms with Crippen LogP contribution in [0.5, 0.6) is 0 Å². The van der Waals surface area contributed by atoms with E-state index < -0.39 is 9.84 Å². The standard InChI is InChI=1S/C18H29N3O2S.HI/c1-15-11-16(2)13-21(12-15)18(19-3)20-9-10-24(22,23)14-17-7-5-4-6-8-17;/h4-8,15-16H,9-14H2,1-3H3,(H,19,20);1H. The first-order valence-electron chi connectivity index (χ1n) is 8.59. The van der Waals surface area contributed by atoms with Gasteiger partial charge in [0.2, 0.25) is 0 Å².